The molecule has 2 fully saturated rings. The molecule has 0 spiro atoms. The van der Waals surface area contributed by atoms with Crippen LogP contribution in [0.5, 0.6) is 5.75 Å². The molecular weight excluding hydrogens is 442 g/mol. The summed E-state index contributed by atoms with van der Waals surface area (Å²) in [6, 6.07) is 13.0. The van der Waals surface area contributed by atoms with Gasteiger partial charge in [0.2, 0.25) is 15.9 Å². The molecule has 0 saturated carbocycles. The fraction of sp³-hybridized carbons (Fsp3) is 0.417. The van der Waals surface area contributed by atoms with E-state index in [0.717, 1.165) is 30.7 Å². The number of carbonyl (C=O) groups is 2. The number of sulfonamides is 1. The number of hydrogen-bond donors (Lipinski definition) is 1. The van der Waals surface area contributed by atoms with E-state index < -0.39 is 10.0 Å². The third-order valence-electron chi connectivity index (χ3n) is 5.99. The van der Waals surface area contributed by atoms with Crippen LogP contribution < -0.4 is 15.0 Å². The minimum Gasteiger partial charge on any atom is -0.494 e. The van der Waals surface area contributed by atoms with Gasteiger partial charge in [-0.2, -0.15) is 4.31 Å². The van der Waals surface area contributed by atoms with Gasteiger partial charge in [-0.25, -0.2) is 8.42 Å². The summed E-state index contributed by atoms with van der Waals surface area (Å²) >= 11 is 0. The maximum absolute atomic E-state index is 12.8. The van der Waals surface area contributed by atoms with Gasteiger partial charge in [-0.1, -0.05) is 6.42 Å². The van der Waals surface area contributed by atoms with Gasteiger partial charge in [-0.05, 0) is 68.3 Å². The summed E-state index contributed by atoms with van der Waals surface area (Å²) in [5.74, 6) is 0.346. The molecule has 176 valence electrons. The molecule has 0 aromatic heterocycles. The van der Waals surface area contributed by atoms with E-state index in [1.165, 1.54) is 28.6 Å². The van der Waals surface area contributed by atoms with Crippen molar-refractivity contribution in [3.8, 4) is 5.75 Å². The van der Waals surface area contributed by atoms with Crippen LogP contribution in [0.4, 0.5) is 5.69 Å². The lowest BCUT2D eigenvalue weighted by molar-refractivity contribution is -0.117. The molecule has 4 rings (SSSR count). The molecule has 0 radical (unpaired) electrons. The van der Waals surface area contributed by atoms with Crippen molar-refractivity contribution >= 4 is 27.5 Å². The van der Waals surface area contributed by atoms with Gasteiger partial charge in [0.25, 0.3) is 5.91 Å². The fourth-order valence-corrected chi connectivity index (χ4v) is 5.76. The van der Waals surface area contributed by atoms with Crippen LogP contribution in [-0.2, 0) is 14.8 Å². The van der Waals surface area contributed by atoms with Crippen LogP contribution in [0, 0.1) is 0 Å². The molecule has 0 aliphatic carbocycles. The molecule has 8 nitrogen and oxygen atoms in total. The second-order valence-electron chi connectivity index (χ2n) is 8.29. The van der Waals surface area contributed by atoms with Crippen molar-refractivity contribution in [2.24, 2.45) is 0 Å². The van der Waals surface area contributed by atoms with E-state index in [4.69, 9.17) is 4.74 Å². The highest BCUT2D eigenvalue weighted by Crippen LogP contribution is 2.25. The summed E-state index contributed by atoms with van der Waals surface area (Å²) in [6.07, 6.45) is 2.99. The Labute approximate surface area is 194 Å². The number of nitrogens with zero attached hydrogens (tertiary/aromatic N) is 2. The predicted octanol–water partition coefficient (Wildman–Crippen LogP) is 2.80. The predicted molar refractivity (Wildman–Crippen MR) is 125 cm³/mol. The minimum absolute atomic E-state index is 0.0626. The molecule has 2 aromatic rings. The van der Waals surface area contributed by atoms with E-state index in [9.17, 15) is 18.0 Å². The normalized spacial score (nSPS) is 19.5. The Morgan fingerprint density at radius 1 is 1.03 bits per heavy atom. The number of hydrogen-bond acceptors (Lipinski definition) is 5. The van der Waals surface area contributed by atoms with Crippen molar-refractivity contribution in [1.82, 2.24) is 9.62 Å². The van der Waals surface area contributed by atoms with Crippen molar-refractivity contribution < 1.29 is 22.7 Å². The van der Waals surface area contributed by atoms with E-state index >= 15 is 0 Å². The topological polar surface area (TPSA) is 96.0 Å². The maximum Gasteiger partial charge on any atom is 0.251 e. The highest BCUT2D eigenvalue weighted by atomic mass is 32.2. The first kappa shape index (κ1) is 23.3. The Bertz CT molecular complexity index is 1090. The average Bonchev–Trinajstić information content (AvgIpc) is 3.20. The van der Waals surface area contributed by atoms with Crippen molar-refractivity contribution in [1.29, 1.82) is 0 Å². The molecule has 2 aromatic carbocycles. The number of benzene rings is 2. The molecule has 1 atom stereocenters. The molecular formula is C24H29N3O5S. The molecule has 2 aliphatic heterocycles. The molecule has 2 amide bonds. The van der Waals surface area contributed by atoms with E-state index in [1.54, 1.807) is 4.90 Å². The van der Waals surface area contributed by atoms with Crippen LogP contribution >= 0.6 is 0 Å². The Morgan fingerprint density at radius 3 is 2.33 bits per heavy atom. The molecule has 1 N–H and O–H groups in total. The minimum atomic E-state index is -3.54. The molecule has 2 aliphatic rings. The van der Waals surface area contributed by atoms with Gasteiger partial charge in [-0.3, -0.25) is 9.59 Å². The third-order valence-corrected chi connectivity index (χ3v) is 7.90. The van der Waals surface area contributed by atoms with Crippen LogP contribution in [0.3, 0.4) is 0 Å². The maximum atomic E-state index is 12.8. The molecule has 9 heteroatoms. The Kier molecular flexibility index (Phi) is 6.99. The second-order valence-corrected chi connectivity index (χ2v) is 10.2. The van der Waals surface area contributed by atoms with Gasteiger partial charge < -0.3 is 15.0 Å². The molecule has 0 bridgehead atoms. The van der Waals surface area contributed by atoms with Crippen LogP contribution in [-0.4, -0.2) is 56.8 Å². The Balaban J connectivity index is 1.37. The SMILES string of the molecule is CCOc1ccc(N2C[C@H](NC(=O)c3ccc(S(=O)(=O)N4CCCCC4)cc3)CC2=O)cc1. The monoisotopic (exact) mass is 471 g/mol. The molecule has 2 heterocycles. The van der Waals surface area contributed by atoms with E-state index in [-0.39, 0.29) is 29.2 Å². The first-order valence-corrected chi connectivity index (χ1v) is 12.8. The van der Waals surface area contributed by atoms with Crippen LogP contribution in [0.2, 0.25) is 0 Å². The summed E-state index contributed by atoms with van der Waals surface area (Å²) in [5.41, 5.74) is 1.12. The second kappa shape index (κ2) is 9.93. The van der Waals surface area contributed by atoms with E-state index in [0.29, 0.717) is 31.8 Å². The van der Waals surface area contributed by atoms with Crippen molar-refractivity contribution in [2.75, 3.05) is 31.1 Å². The van der Waals surface area contributed by atoms with Crippen molar-refractivity contribution in [3.05, 3.63) is 54.1 Å². The molecule has 0 unspecified atom stereocenters. The lowest BCUT2D eigenvalue weighted by Gasteiger charge is -2.25. The number of piperidine rings is 1. The summed E-state index contributed by atoms with van der Waals surface area (Å²) in [6.45, 7) is 3.92. The summed E-state index contributed by atoms with van der Waals surface area (Å²) < 4.78 is 32.5. The van der Waals surface area contributed by atoms with Gasteiger partial charge >= 0.3 is 0 Å². The first-order valence-electron chi connectivity index (χ1n) is 11.3. The largest absolute Gasteiger partial charge is 0.494 e. The zero-order chi connectivity index (χ0) is 23.4. The molecule has 2 saturated heterocycles. The Hall–Kier alpha value is -2.91. The zero-order valence-electron chi connectivity index (χ0n) is 18.7. The summed E-state index contributed by atoms with van der Waals surface area (Å²) in [4.78, 5) is 27.0. The average molecular weight is 472 g/mol. The first-order chi connectivity index (χ1) is 15.9. The lowest BCUT2D eigenvalue weighted by atomic mass is 10.2. The Morgan fingerprint density at radius 2 is 1.70 bits per heavy atom. The van der Waals surface area contributed by atoms with Crippen LogP contribution in [0.15, 0.2) is 53.4 Å². The summed E-state index contributed by atoms with van der Waals surface area (Å²) in [7, 11) is -3.54. The van der Waals surface area contributed by atoms with Gasteiger partial charge in [0.1, 0.15) is 5.75 Å². The zero-order valence-corrected chi connectivity index (χ0v) is 19.5. The van der Waals surface area contributed by atoms with Gasteiger partial charge in [0.15, 0.2) is 0 Å². The number of nitrogens with one attached hydrogen (secondary N) is 1. The summed E-state index contributed by atoms with van der Waals surface area (Å²) in [5, 5.41) is 2.89. The van der Waals surface area contributed by atoms with Crippen molar-refractivity contribution in [2.45, 2.75) is 43.5 Å². The van der Waals surface area contributed by atoms with Crippen molar-refractivity contribution in [3.63, 3.8) is 0 Å². The van der Waals surface area contributed by atoms with Crippen LogP contribution in [0.1, 0.15) is 43.0 Å². The van der Waals surface area contributed by atoms with Gasteiger partial charge in [-0.15, -0.1) is 0 Å². The van der Waals surface area contributed by atoms with Gasteiger partial charge in [0.05, 0.1) is 17.5 Å². The van der Waals surface area contributed by atoms with E-state index in [1.807, 2.05) is 31.2 Å². The number of ether oxygens (including phenoxy) is 1. The number of amides is 2. The number of anilines is 1. The van der Waals surface area contributed by atoms with Crippen LogP contribution in [0.25, 0.3) is 0 Å². The number of rotatable bonds is 7. The number of carbonyl (C=O) groups excluding carboxylic acids is 2. The lowest BCUT2D eigenvalue weighted by Crippen LogP contribution is -2.37. The van der Waals surface area contributed by atoms with Gasteiger partial charge in [0, 0.05) is 37.3 Å². The third kappa shape index (κ3) is 5.20. The highest BCUT2D eigenvalue weighted by Gasteiger charge is 2.32. The van der Waals surface area contributed by atoms with E-state index in [2.05, 4.69) is 5.32 Å². The smallest absolute Gasteiger partial charge is 0.251 e. The molecule has 33 heavy (non-hydrogen) atoms. The quantitative estimate of drug-likeness (QED) is 0.670. The highest BCUT2D eigenvalue weighted by molar-refractivity contribution is 7.89. The standard InChI is InChI=1S/C24H29N3O5S/c1-2-32-21-10-8-20(9-11-21)27-17-19(16-23(27)28)25-24(29)18-6-12-22(13-7-18)33(30,31)26-14-4-3-5-15-26/h6-13,19H,2-5,14-17H2,1H3,(H,25,29)/t19-/m1/s1. The fourth-order valence-electron chi connectivity index (χ4n) is 4.24.